The summed E-state index contributed by atoms with van der Waals surface area (Å²) in [4.78, 5) is 62.9. The Bertz CT molecular complexity index is 1100. The molecule has 1 N–H and O–H groups in total. The summed E-state index contributed by atoms with van der Waals surface area (Å²) in [6.07, 6.45) is -6.23. The SMILES string of the molecule is CC(=O)OC[C@H]1O[C@@H](OC(=N)C(Cl)(Cl)Cl)[C@H](N2C(=O)c3ccccc3C2=O)[C@@H](OC(C)=O)[C@H]1OC(C)=O. The molecule has 0 bridgehead atoms. The second-order valence-electron chi connectivity index (χ2n) is 7.95. The number of rotatable bonds is 6. The summed E-state index contributed by atoms with van der Waals surface area (Å²) in [6.45, 7) is 2.69. The van der Waals surface area contributed by atoms with Gasteiger partial charge in [0.1, 0.15) is 18.8 Å². The van der Waals surface area contributed by atoms with E-state index in [0.29, 0.717) is 4.90 Å². The molecule has 0 aromatic heterocycles. The van der Waals surface area contributed by atoms with Crippen LogP contribution in [0.5, 0.6) is 0 Å². The van der Waals surface area contributed by atoms with E-state index in [0.717, 1.165) is 20.8 Å². The van der Waals surface area contributed by atoms with Gasteiger partial charge in [-0.2, -0.15) is 0 Å². The minimum atomic E-state index is -2.38. The molecule has 3 rings (SSSR count). The fourth-order valence-electron chi connectivity index (χ4n) is 3.92. The molecule has 0 spiro atoms. The molecule has 2 amide bonds. The molecule has 2 aliphatic heterocycles. The summed E-state index contributed by atoms with van der Waals surface area (Å²) in [6, 6.07) is 4.26. The van der Waals surface area contributed by atoms with E-state index in [1.54, 1.807) is 0 Å². The summed E-state index contributed by atoms with van der Waals surface area (Å²) >= 11 is 17.3. The molecule has 0 radical (unpaired) electrons. The lowest BCUT2D eigenvalue weighted by Crippen LogP contribution is -2.68. The van der Waals surface area contributed by atoms with E-state index in [1.165, 1.54) is 24.3 Å². The fraction of sp³-hybridized carbons (Fsp3) is 0.455. The van der Waals surface area contributed by atoms with Crippen LogP contribution in [-0.2, 0) is 38.1 Å². The van der Waals surface area contributed by atoms with Crippen LogP contribution < -0.4 is 0 Å². The number of halogens is 3. The van der Waals surface area contributed by atoms with Crippen LogP contribution in [0.15, 0.2) is 24.3 Å². The van der Waals surface area contributed by atoms with Gasteiger partial charge in [0, 0.05) is 20.8 Å². The number of carbonyl (C=O) groups excluding carboxylic acids is 5. The quantitative estimate of drug-likeness (QED) is 0.132. The molecular weight excluding hydrogens is 559 g/mol. The minimum absolute atomic E-state index is 0.0374. The van der Waals surface area contributed by atoms with Crippen molar-refractivity contribution < 1.29 is 47.7 Å². The average Bonchev–Trinajstić information content (AvgIpc) is 3.03. The lowest BCUT2D eigenvalue weighted by molar-refractivity contribution is -0.268. The molecule has 1 aromatic rings. The minimum Gasteiger partial charge on any atom is -0.463 e. The van der Waals surface area contributed by atoms with E-state index < -0.39 is 76.7 Å². The first kappa shape index (κ1) is 28.6. The van der Waals surface area contributed by atoms with Crippen LogP contribution in [0.3, 0.4) is 0 Å². The average molecular weight is 580 g/mol. The van der Waals surface area contributed by atoms with Gasteiger partial charge in [-0.3, -0.25) is 34.3 Å². The molecule has 0 aliphatic carbocycles. The molecule has 1 saturated heterocycles. The van der Waals surface area contributed by atoms with E-state index in [9.17, 15) is 24.0 Å². The van der Waals surface area contributed by atoms with Gasteiger partial charge in [0.25, 0.3) is 15.6 Å². The number of ether oxygens (including phenoxy) is 5. The van der Waals surface area contributed by atoms with Crippen LogP contribution in [0.4, 0.5) is 0 Å². The van der Waals surface area contributed by atoms with Crippen molar-refractivity contribution in [3.63, 3.8) is 0 Å². The second kappa shape index (κ2) is 11.2. The number of amides is 2. The maximum absolute atomic E-state index is 13.3. The molecule has 1 aromatic carbocycles. The normalized spacial score (nSPS) is 25.2. The number of nitrogens with one attached hydrogen (secondary N) is 1. The highest BCUT2D eigenvalue weighted by Crippen LogP contribution is 2.37. The van der Waals surface area contributed by atoms with Gasteiger partial charge in [-0.1, -0.05) is 46.9 Å². The van der Waals surface area contributed by atoms with Crippen molar-refractivity contribution in [2.75, 3.05) is 6.61 Å². The number of esters is 3. The predicted octanol–water partition coefficient (Wildman–Crippen LogP) is 2.17. The van der Waals surface area contributed by atoms with Crippen molar-refractivity contribution in [3.8, 4) is 0 Å². The van der Waals surface area contributed by atoms with E-state index >= 15 is 0 Å². The zero-order chi connectivity index (χ0) is 27.7. The Morgan fingerprint density at radius 2 is 1.43 bits per heavy atom. The molecule has 0 unspecified atom stereocenters. The first-order valence-corrected chi connectivity index (χ1v) is 11.8. The van der Waals surface area contributed by atoms with Gasteiger partial charge in [0.05, 0.1) is 11.1 Å². The van der Waals surface area contributed by atoms with Gasteiger partial charge >= 0.3 is 17.9 Å². The highest BCUT2D eigenvalue weighted by molar-refractivity contribution is 6.76. The maximum atomic E-state index is 13.3. The number of hydrogen-bond donors (Lipinski definition) is 1. The highest BCUT2D eigenvalue weighted by Gasteiger charge is 2.58. The summed E-state index contributed by atoms with van der Waals surface area (Å²) in [5.41, 5.74) is 0.0747. The zero-order valence-electron chi connectivity index (χ0n) is 19.6. The van der Waals surface area contributed by atoms with Crippen molar-refractivity contribution in [3.05, 3.63) is 35.4 Å². The van der Waals surface area contributed by atoms with Crippen molar-refractivity contribution in [1.29, 1.82) is 5.41 Å². The molecule has 5 atom stereocenters. The monoisotopic (exact) mass is 578 g/mol. The Hall–Kier alpha value is -2.93. The predicted molar refractivity (Wildman–Crippen MR) is 126 cm³/mol. The van der Waals surface area contributed by atoms with E-state index in [1.807, 2.05) is 0 Å². The number of fused-ring (bicyclic) bond motifs is 1. The van der Waals surface area contributed by atoms with Gasteiger partial charge < -0.3 is 23.7 Å². The third-order valence-corrected chi connectivity index (χ3v) is 5.80. The lowest BCUT2D eigenvalue weighted by atomic mass is 9.94. The number of hydrogen-bond acceptors (Lipinski definition) is 11. The molecule has 12 nitrogen and oxygen atoms in total. The summed E-state index contributed by atoms with van der Waals surface area (Å²) < 4.78 is 24.6. The van der Waals surface area contributed by atoms with E-state index in [-0.39, 0.29) is 11.1 Å². The van der Waals surface area contributed by atoms with Gasteiger partial charge in [-0.05, 0) is 12.1 Å². The van der Waals surface area contributed by atoms with Crippen molar-refractivity contribution in [2.24, 2.45) is 0 Å². The topological polar surface area (TPSA) is 159 Å². The van der Waals surface area contributed by atoms with Crippen LogP contribution in [-0.4, -0.2) is 81.6 Å². The number of benzene rings is 1. The molecular formula is C22H21Cl3N2O10. The van der Waals surface area contributed by atoms with Crippen LogP contribution in [0.1, 0.15) is 41.5 Å². The Morgan fingerprint density at radius 1 is 0.919 bits per heavy atom. The van der Waals surface area contributed by atoms with Crippen LogP contribution in [0.25, 0.3) is 0 Å². The first-order chi connectivity index (χ1) is 17.2. The van der Waals surface area contributed by atoms with Crippen LogP contribution in [0, 0.1) is 5.41 Å². The highest BCUT2D eigenvalue weighted by atomic mass is 35.6. The van der Waals surface area contributed by atoms with Gasteiger partial charge in [0.2, 0.25) is 12.2 Å². The van der Waals surface area contributed by atoms with E-state index in [4.69, 9.17) is 63.9 Å². The number of imide groups is 1. The van der Waals surface area contributed by atoms with Crippen molar-refractivity contribution in [2.45, 2.75) is 55.2 Å². The van der Waals surface area contributed by atoms with Gasteiger partial charge in [-0.15, -0.1) is 0 Å². The molecule has 1 fully saturated rings. The standard InChI is InChI=1S/C22H21Cl3N2O10/c1-9(28)33-8-14-16(34-10(2)29)17(35-11(3)30)15(20(36-14)37-21(26)22(23,24)25)27-18(31)12-6-4-5-7-13(12)19(27)32/h4-7,14-17,20,26H,8H2,1-3H3/t14-,15-,16+,17-,20+/m1/s1. The van der Waals surface area contributed by atoms with Gasteiger partial charge in [-0.25, -0.2) is 0 Å². The van der Waals surface area contributed by atoms with Crippen LogP contribution >= 0.6 is 34.8 Å². The molecule has 37 heavy (non-hydrogen) atoms. The van der Waals surface area contributed by atoms with Crippen molar-refractivity contribution >= 4 is 70.4 Å². The largest absolute Gasteiger partial charge is 0.463 e. The Kier molecular flexibility index (Phi) is 8.68. The third kappa shape index (κ3) is 6.32. The summed E-state index contributed by atoms with van der Waals surface area (Å²) in [7, 11) is 0. The second-order valence-corrected chi connectivity index (χ2v) is 10.2. The third-order valence-electron chi connectivity index (χ3n) is 5.28. The number of alkyl halides is 3. The fourth-order valence-corrected chi connectivity index (χ4v) is 4.05. The smallest absolute Gasteiger partial charge is 0.303 e. The Morgan fingerprint density at radius 3 is 1.89 bits per heavy atom. The molecule has 2 aliphatic rings. The zero-order valence-corrected chi connectivity index (χ0v) is 21.8. The Labute approximate surface area is 225 Å². The summed E-state index contributed by atoms with van der Waals surface area (Å²) in [5.74, 6) is -5.01. The lowest BCUT2D eigenvalue weighted by Gasteiger charge is -2.47. The van der Waals surface area contributed by atoms with Gasteiger partial charge in [0.15, 0.2) is 12.2 Å². The molecule has 200 valence electrons. The molecule has 15 heteroatoms. The number of carbonyl (C=O) groups is 5. The van der Waals surface area contributed by atoms with E-state index in [2.05, 4.69) is 0 Å². The first-order valence-electron chi connectivity index (χ1n) is 10.6. The maximum Gasteiger partial charge on any atom is 0.303 e. The molecule has 2 heterocycles. The van der Waals surface area contributed by atoms with Crippen molar-refractivity contribution in [1.82, 2.24) is 4.90 Å². The number of nitrogens with zero attached hydrogens (tertiary/aromatic N) is 1. The van der Waals surface area contributed by atoms with Crippen LogP contribution in [0.2, 0.25) is 0 Å². The molecule has 0 saturated carbocycles. The summed E-state index contributed by atoms with van der Waals surface area (Å²) in [5, 5.41) is 8.01. The Balaban J connectivity index is 2.14.